The van der Waals surface area contributed by atoms with E-state index in [1.165, 1.54) is 31.0 Å². The highest BCUT2D eigenvalue weighted by Crippen LogP contribution is 2.30. The summed E-state index contributed by atoms with van der Waals surface area (Å²) in [5.74, 6) is -0.278. The van der Waals surface area contributed by atoms with Crippen LogP contribution in [0.4, 0.5) is 11.6 Å². The first kappa shape index (κ1) is 27.1. The number of nitrogens with two attached hydrogens (primary N) is 1. The van der Waals surface area contributed by atoms with E-state index in [-0.39, 0.29) is 22.6 Å². The molecule has 5 N–H and O–H groups in total. The predicted octanol–water partition coefficient (Wildman–Crippen LogP) is 2.47. The number of rotatable bonds is 6. The molecule has 1 aromatic carbocycles. The first-order valence-electron chi connectivity index (χ1n) is 13.0. The highest BCUT2D eigenvalue weighted by atomic mass is 35.5. The number of halogens is 1. The van der Waals surface area contributed by atoms with Crippen molar-refractivity contribution in [2.75, 3.05) is 50.4 Å². The maximum absolute atomic E-state index is 12.4. The molecule has 2 fully saturated rings. The lowest BCUT2D eigenvalue weighted by atomic mass is 9.98. The summed E-state index contributed by atoms with van der Waals surface area (Å²) in [4.78, 5) is 28.4. The first-order valence-corrected chi connectivity index (χ1v) is 13.4. The minimum absolute atomic E-state index is 0.00257. The number of piperidine rings is 1. The number of piperazine rings is 1. The molecular formula is C26H38ClN9O. The highest BCUT2D eigenvalue weighted by molar-refractivity contribution is 6.32. The lowest BCUT2D eigenvalue weighted by Crippen LogP contribution is -2.58. The molecule has 0 unspecified atom stereocenters. The van der Waals surface area contributed by atoms with Crippen LogP contribution in [0.2, 0.25) is 5.15 Å². The average Bonchev–Trinajstić information content (AvgIpc) is 2.91. The van der Waals surface area contributed by atoms with Crippen LogP contribution in [0, 0.1) is 12.3 Å². The molecule has 2 aliphatic heterocycles. The molecule has 3 heterocycles. The van der Waals surface area contributed by atoms with Crippen molar-refractivity contribution in [1.82, 2.24) is 30.4 Å². The number of carbonyl (C=O) groups excluding carboxylic acids is 1. The van der Waals surface area contributed by atoms with Gasteiger partial charge in [0.25, 0.3) is 5.91 Å². The Morgan fingerprint density at radius 3 is 2.51 bits per heavy atom. The van der Waals surface area contributed by atoms with Crippen molar-refractivity contribution < 1.29 is 4.79 Å². The average molecular weight is 528 g/mol. The monoisotopic (exact) mass is 527 g/mol. The van der Waals surface area contributed by atoms with Gasteiger partial charge in [0.2, 0.25) is 0 Å². The zero-order valence-corrected chi connectivity index (χ0v) is 22.7. The standard InChI is InChI=1S/C26H38ClN9O/c1-4-19-16-35(24-22(27)31-21(23(28)32-24)25(37)33-26(29)30-3)13-14-36(19)20-9-11-34(12-10-20)15-18-7-5-17(2)6-8-18/h5-8,19-20H,4,9-16H2,1-3H3,(H2,28,32)(H3,29,30,33,37)/t19-/m0/s1. The van der Waals surface area contributed by atoms with Crippen LogP contribution in [0.1, 0.15) is 47.8 Å². The molecular weight excluding hydrogens is 490 g/mol. The molecule has 1 amide bonds. The Labute approximate surface area is 224 Å². The number of nitrogens with one attached hydrogen (secondary N) is 3. The van der Waals surface area contributed by atoms with Crippen molar-refractivity contribution in [3.05, 3.63) is 46.2 Å². The fraction of sp³-hybridized carbons (Fsp3) is 0.538. The second-order valence-corrected chi connectivity index (χ2v) is 10.2. The molecule has 2 aliphatic rings. The summed E-state index contributed by atoms with van der Waals surface area (Å²) in [6.07, 6.45) is 3.36. The van der Waals surface area contributed by atoms with E-state index in [0.717, 1.165) is 45.7 Å². The highest BCUT2D eigenvalue weighted by Gasteiger charge is 2.34. The second-order valence-electron chi connectivity index (χ2n) is 9.89. The third-order valence-corrected chi connectivity index (χ3v) is 7.67. The molecule has 10 nitrogen and oxygen atoms in total. The van der Waals surface area contributed by atoms with Gasteiger partial charge in [-0.3, -0.25) is 25.3 Å². The van der Waals surface area contributed by atoms with Crippen LogP contribution in [-0.2, 0) is 6.54 Å². The number of amides is 1. The second kappa shape index (κ2) is 12.1. The van der Waals surface area contributed by atoms with Gasteiger partial charge >= 0.3 is 0 Å². The van der Waals surface area contributed by atoms with Crippen molar-refractivity contribution in [3.63, 3.8) is 0 Å². The number of anilines is 2. The number of carbonyl (C=O) groups is 1. The summed E-state index contributed by atoms with van der Waals surface area (Å²) < 4.78 is 0. The smallest absolute Gasteiger partial charge is 0.280 e. The summed E-state index contributed by atoms with van der Waals surface area (Å²) in [5.41, 5.74) is 8.67. The van der Waals surface area contributed by atoms with Gasteiger partial charge in [0.05, 0.1) is 0 Å². The number of nitrogens with zero attached hydrogens (tertiary/aromatic N) is 5. The summed E-state index contributed by atoms with van der Waals surface area (Å²) in [5, 5.41) is 12.6. The Kier molecular flexibility index (Phi) is 8.83. The van der Waals surface area contributed by atoms with E-state index in [9.17, 15) is 4.79 Å². The molecule has 2 aromatic rings. The Morgan fingerprint density at radius 1 is 1.16 bits per heavy atom. The largest absolute Gasteiger partial charge is 0.382 e. The third-order valence-electron chi connectivity index (χ3n) is 7.42. The van der Waals surface area contributed by atoms with Crippen molar-refractivity contribution in [2.45, 2.75) is 51.7 Å². The Balaban J connectivity index is 1.36. The fourth-order valence-electron chi connectivity index (χ4n) is 5.29. The van der Waals surface area contributed by atoms with Gasteiger partial charge in [-0.2, -0.15) is 0 Å². The molecule has 1 atom stereocenters. The molecule has 4 rings (SSSR count). The van der Waals surface area contributed by atoms with Crippen LogP contribution in [0.15, 0.2) is 24.3 Å². The molecule has 2 saturated heterocycles. The van der Waals surface area contributed by atoms with Gasteiger partial charge in [0, 0.05) is 45.3 Å². The Morgan fingerprint density at radius 2 is 1.86 bits per heavy atom. The van der Waals surface area contributed by atoms with Gasteiger partial charge in [-0.05, 0) is 44.8 Å². The van der Waals surface area contributed by atoms with Crippen molar-refractivity contribution >= 4 is 35.1 Å². The topological polar surface area (TPSA) is 126 Å². The molecule has 11 heteroatoms. The SMILES string of the molecule is CC[C@H]1CN(c2nc(N)c(C(=O)NC(=N)NC)nc2Cl)CCN1C1CCN(Cc2ccc(C)cc2)CC1. The molecule has 0 radical (unpaired) electrons. The number of nitrogen functional groups attached to an aromatic ring is 1. The van der Waals surface area contributed by atoms with Gasteiger partial charge in [-0.1, -0.05) is 48.4 Å². The van der Waals surface area contributed by atoms with Crippen LogP contribution in [0.25, 0.3) is 0 Å². The zero-order chi connectivity index (χ0) is 26.5. The lowest BCUT2D eigenvalue weighted by Gasteiger charge is -2.47. The van der Waals surface area contributed by atoms with Gasteiger partial charge in [0.15, 0.2) is 28.4 Å². The zero-order valence-electron chi connectivity index (χ0n) is 21.9. The number of aromatic nitrogens is 2. The number of benzene rings is 1. The predicted molar refractivity (Wildman–Crippen MR) is 148 cm³/mol. The van der Waals surface area contributed by atoms with E-state index in [4.69, 9.17) is 22.7 Å². The fourth-order valence-corrected chi connectivity index (χ4v) is 5.54. The summed E-state index contributed by atoms with van der Waals surface area (Å²) in [6.45, 7) is 10.0. The third kappa shape index (κ3) is 6.49. The Hall–Kier alpha value is -2.95. The van der Waals surface area contributed by atoms with E-state index < -0.39 is 5.91 Å². The van der Waals surface area contributed by atoms with Gasteiger partial charge in [0.1, 0.15) is 0 Å². The molecule has 0 saturated carbocycles. The van der Waals surface area contributed by atoms with Crippen LogP contribution in [0.5, 0.6) is 0 Å². The summed E-state index contributed by atoms with van der Waals surface area (Å²) in [7, 11) is 1.53. The van der Waals surface area contributed by atoms with Crippen molar-refractivity contribution in [1.29, 1.82) is 5.41 Å². The number of aryl methyl sites for hydroxylation is 1. The van der Waals surface area contributed by atoms with Crippen LogP contribution < -0.4 is 21.3 Å². The Bertz CT molecular complexity index is 1100. The first-order chi connectivity index (χ1) is 17.8. The number of likely N-dealkylation sites (tertiary alicyclic amines) is 1. The number of guanidine groups is 1. The van der Waals surface area contributed by atoms with Gasteiger partial charge in [-0.25, -0.2) is 9.97 Å². The van der Waals surface area contributed by atoms with Gasteiger partial charge < -0.3 is 16.0 Å². The number of hydrogen-bond donors (Lipinski definition) is 4. The quantitative estimate of drug-likeness (QED) is 0.333. The normalized spacial score (nSPS) is 19.6. The molecule has 0 spiro atoms. The van der Waals surface area contributed by atoms with E-state index in [1.54, 1.807) is 0 Å². The maximum atomic E-state index is 12.4. The van der Waals surface area contributed by atoms with E-state index in [2.05, 4.69) is 73.4 Å². The van der Waals surface area contributed by atoms with E-state index in [1.807, 2.05) is 0 Å². The lowest BCUT2D eigenvalue weighted by molar-refractivity contribution is 0.0610. The van der Waals surface area contributed by atoms with Crippen LogP contribution >= 0.6 is 11.6 Å². The van der Waals surface area contributed by atoms with E-state index in [0.29, 0.717) is 17.9 Å². The van der Waals surface area contributed by atoms with E-state index >= 15 is 0 Å². The molecule has 200 valence electrons. The summed E-state index contributed by atoms with van der Waals surface area (Å²) in [6, 6.07) is 9.80. The molecule has 0 bridgehead atoms. The maximum Gasteiger partial charge on any atom is 0.280 e. The van der Waals surface area contributed by atoms with Gasteiger partial charge in [-0.15, -0.1) is 0 Å². The summed E-state index contributed by atoms with van der Waals surface area (Å²) >= 11 is 6.48. The molecule has 37 heavy (non-hydrogen) atoms. The molecule has 1 aromatic heterocycles. The number of hydrogen-bond acceptors (Lipinski definition) is 8. The minimum atomic E-state index is -0.622. The van der Waals surface area contributed by atoms with Crippen LogP contribution in [0.3, 0.4) is 0 Å². The molecule has 0 aliphatic carbocycles. The van der Waals surface area contributed by atoms with Crippen LogP contribution in [-0.4, -0.2) is 83.5 Å². The van der Waals surface area contributed by atoms with Crippen molar-refractivity contribution in [2.24, 2.45) is 0 Å². The van der Waals surface area contributed by atoms with Crippen molar-refractivity contribution in [3.8, 4) is 0 Å². The minimum Gasteiger partial charge on any atom is -0.382 e.